The molecule has 0 aromatic heterocycles. The largest absolute Gasteiger partial charge is 0.396 e. The van der Waals surface area contributed by atoms with Crippen LogP contribution in [-0.4, -0.2) is 11.9 Å². The van der Waals surface area contributed by atoms with Crippen LogP contribution in [0.5, 0.6) is 0 Å². The number of hydrogen-bond donors (Lipinski definition) is 2. The lowest BCUT2D eigenvalue weighted by Gasteiger charge is -2.18. The third kappa shape index (κ3) is 2.55. The summed E-state index contributed by atoms with van der Waals surface area (Å²) < 4.78 is 26.7. The van der Waals surface area contributed by atoms with Gasteiger partial charge in [0.2, 0.25) is 0 Å². The van der Waals surface area contributed by atoms with Gasteiger partial charge in [0.05, 0.1) is 11.3 Å². The Hall–Kier alpha value is -1.65. The zero-order chi connectivity index (χ0) is 13.6. The zero-order valence-corrected chi connectivity index (χ0v) is 10.5. The van der Waals surface area contributed by atoms with Crippen LogP contribution in [0, 0.1) is 23.5 Å². The minimum absolute atomic E-state index is 0.137. The van der Waals surface area contributed by atoms with Gasteiger partial charge in [-0.25, -0.2) is 8.78 Å². The summed E-state index contributed by atoms with van der Waals surface area (Å²) in [5.41, 5.74) is 5.00. The predicted octanol–water partition coefficient (Wildman–Crippen LogP) is 2.47. The van der Waals surface area contributed by atoms with Gasteiger partial charge in [0.1, 0.15) is 11.6 Å². The molecule has 0 unspecified atom stereocenters. The molecule has 5 heteroatoms. The summed E-state index contributed by atoms with van der Waals surface area (Å²) in [6.45, 7) is 0. The molecule has 0 radical (unpaired) electrons. The van der Waals surface area contributed by atoms with E-state index in [4.69, 9.17) is 5.73 Å². The molecule has 0 heterocycles. The van der Waals surface area contributed by atoms with Crippen molar-refractivity contribution in [1.82, 2.24) is 5.32 Å². The third-order valence-electron chi connectivity index (χ3n) is 3.89. The lowest BCUT2D eigenvalue weighted by molar-refractivity contribution is 0.0922. The van der Waals surface area contributed by atoms with Crippen LogP contribution in [0.1, 0.15) is 36.0 Å². The number of rotatable bonds is 4. The van der Waals surface area contributed by atoms with Crippen LogP contribution in [0.2, 0.25) is 0 Å². The number of carbonyl (C=O) groups excluding carboxylic acids is 1. The van der Waals surface area contributed by atoms with Crippen molar-refractivity contribution in [1.29, 1.82) is 0 Å². The second-order valence-corrected chi connectivity index (χ2v) is 5.53. The highest BCUT2D eigenvalue weighted by atomic mass is 19.1. The van der Waals surface area contributed by atoms with Gasteiger partial charge in [-0.2, -0.15) is 0 Å². The summed E-state index contributed by atoms with van der Waals surface area (Å²) in [6.07, 6.45) is 4.48. The number of hydrogen-bond acceptors (Lipinski definition) is 2. The molecule has 0 aliphatic heterocycles. The van der Waals surface area contributed by atoms with E-state index in [1.165, 1.54) is 0 Å². The molecule has 1 amide bonds. The van der Waals surface area contributed by atoms with Crippen LogP contribution in [-0.2, 0) is 0 Å². The first-order valence-electron chi connectivity index (χ1n) is 6.61. The first kappa shape index (κ1) is 12.4. The molecule has 2 fully saturated rings. The van der Waals surface area contributed by atoms with Crippen molar-refractivity contribution in [3.8, 4) is 0 Å². The SMILES string of the molecule is Nc1cc(C(=O)NC(C2CC2)C2CC2)c(F)cc1F. The lowest BCUT2D eigenvalue weighted by Crippen LogP contribution is -2.38. The molecule has 1 aromatic carbocycles. The first-order chi connectivity index (χ1) is 9.06. The van der Waals surface area contributed by atoms with Crippen molar-refractivity contribution in [3.05, 3.63) is 29.3 Å². The van der Waals surface area contributed by atoms with Crippen molar-refractivity contribution < 1.29 is 13.6 Å². The molecule has 2 aliphatic carbocycles. The van der Waals surface area contributed by atoms with Crippen molar-refractivity contribution in [2.24, 2.45) is 11.8 Å². The number of benzene rings is 1. The van der Waals surface area contributed by atoms with Gasteiger partial charge < -0.3 is 11.1 Å². The van der Waals surface area contributed by atoms with E-state index < -0.39 is 17.5 Å². The highest BCUT2D eigenvalue weighted by molar-refractivity contribution is 5.95. The van der Waals surface area contributed by atoms with E-state index in [2.05, 4.69) is 5.32 Å². The van der Waals surface area contributed by atoms with Gasteiger partial charge in [0.25, 0.3) is 5.91 Å². The number of amides is 1. The van der Waals surface area contributed by atoms with Gasteiger partial charge in [-0.1, -0.05) is 0 Å². The van der Waals surface area contributed by atoms with Crippen molar-refractivity contribution >= 4 is 11.6 Å². The summed E-state index contributed by atoms with van der Waals surface area (Å²) in [5.74, 6) is -1.15. The molecule has 1 aromatic rings. The van der Waals surface area contributed by atoms with Crippen molar-refractivity contribution in [2.45, 2.75) is 31.7 Å². The summed E-state index contributed by atoms with van der Waals surface area (Å²) >= 11 is 0. The summed E-state index contributed by atoms with van der Waals surface area (Å²) in [6, 6.07) is 1.86. The second-order valence-electron chi connectivity index (χ2n) is 5.53. The maximum Gasteiger partial charge on any atom is 0.254 e. The molecule has 3 rings (SSSR count). The number of nitrogen functional groups attached to an aromatic ring is 1. The predicted molar refractivity (Wildman–Crippen MR) is 67.5 cm³/mol. The lowest BCUT2D eigenvalue weighted by atomic mass is 10.1. The van der Waals surface area contributed by atoms with Gasteiger partial charge in [-0.3, -0.25) is 4.79 Å². The second kappa shape index (κ2) is 4.47. The van der Waals surface area contributed by atoms with Crippen molar-refractivity contribution in [3.63, 3.8) is 0 Å². The van der Waals surface area contributed by atoms with E-state index in [-0.39, 0.29) is 17.3 Å². The Bertz CT molecular complexity index is 512. The summed E-state index contributed by atoms with van der Waals surface area (Å²) in [7, 11) is 0. The molecule has 2 aliphatic rings. The molecule has 19 heavy (non-hydrogen) atoms. The molecule has 0 atom stereocenters. The van der Waals surface area contributed by atoms with Gasteiger partial charge >= 0.3 is 0 Å². The Balaban J connectivity index is 1.77. The molecule has 0 spiro atoms. The van der Waals surface area contributed by atoms with Crippen LogP contribution < -0.4 is 11.1 Å². The quantitative estimate of drug-likeness (QED) is 0.822. The monoisotopic (exact) mass is 266 g/mol. The standard InChI is InChI=1S/C14H16F2N2O/c15-10-6-11(16)12(17)5-9(10)14(19)18-13(7-1-2-7)8-3-4-8/h5-8,13H,1-4,17H2,(H,18,19). The fourth-order valence-electron chi connectivity index (χ4n) is 2.50. The number of carbonyl (C=O) groups is 1. The van der Waals surface area contributed by atoms with Gasteiger partial charge in [0, 0.05) is 12.1 Å². The highest BCUT2D eigenvalue weighted by Gasteiger charge is 2.42. The van der Waals surface area contributed by atoms with Gasteiger partial charge in [0.15, 0.2) is 0 Å². The number of anilines is 1. The fraction of sp³-hybridized carbons (Fsp3) is 0.500. The maximum atomic E-state index is 13.6. The summed E-state index contributed by atoms with van der Waals surface area (Å²) in [4.78, 5) is 12.1. The normalized spacial score (nSPS) is 18.7. The number of nitrogens with two attached hydrogens (primary N) is 1. The maximum absolute atomic E-state index is 13.6. The molecule has 3 N–H and O–H groups in total. The van der Waals surface area contributed by atoms with E-state index in [9.17, 15) is 13.6 Å². The Labute approximate surface area is 110 Å². The number of nitrogens with one attached hydrogen (secondary N) is 1. The molecular weight excluding hydrogens is 250 g/mol. The topological polar surface area (TPSA) is 55.1 Å². The average Bonchev–Trinajstić information content (AvgIpc) is 3.24. The van der Waals surface area contributed by atoms with Gasteiger partial charge in [-0.05, 0) is 43.6 Å². The molecular formula is C14H16F2N2O. The molecule has 0 saturated heterocycles. The van der Waals surface area contributed by atoms with E-state index in [0.717, 1.165) is 31.7 Å². The van der Waals surface area contributed by atoms with Crippen LogP contribution in [0.15, 0.2) is 12.1 Å². The number of halogens is 2. The minimum atomic E-state index is -0.866. The minimum Gasteiger partial charge on any atom is -0.396 e. The van der Waals surface area contributed by atoms with E-state index in [0.29, 0.717) is 17.9 Å². The smallest absolute Gasteiger partial charge is 0.254 e. The average molecular weight is 266 g/mol. The highest BCUT2D eigenvalue weighted by Crippen LogP contribution is 2.44. The first-order valence-corrected chi connectivity index (χ1v) is 6.61. The van der Waals surface area contributed by atoms with Gasteiger partial charge in [-0.15, -0.1) is 0 Å². The Kier molecular flexibility index (Phi) is 2.92. The van der Waals surface area contributed by atoms with E-state index in [1.807, 2.05) is 0 Å². The Morgan fingerprint density at radius 2 is 1.74 bits per heavy atom. The molecule has 0 bridgehead atoms. The molecule has 102 valence electrons. The third-order valence-corrected chi connectivity index (χ3v) is 3.89. The zero-order valence-electron chi connectivity index (χ0n) is 10.5. The summed E-state index contributed by atoms with van der Waals surface area (Å²) in [5, 5.41) is 2.89. The van der Waals surface area contributed by atoms with Crippen LogP contribution >= 0.6 is 0 Å². The van der Waals surface area contributed by atoms with Crippen LogP contribution in [0.3, 0.4) is 0 Å². The Morgan fingerprint density at radius 1 is 1.16 bits per heavy atom. The van der Waals surface area contributed by atoms with Crippen LogP contribution in [0.25, 0.3) is 0 Å². The van der Waals surface area contributed by atoms with E-state index >= 15 is 0 Å². The molecule has 2 saturated carbocycles. The fourth-order valence-corrected chi connectivity index (χ4v) is 2.50. The van der Waals surface area contributed by atoms with E-state index in [1.54, 1.807) is 0 Å². The Morgan fingerprint density at radius 3 is 2.26 bits per heavy atom. The van der Waals surface area contributed by atoms with Crippen molar-refractivity contribution in [2.75, 3.05) is 5.73 Å². The van der Waals surface area contributed by atoms with Crippen LogP contribution in [0.4, 0.5) is 14.5 Å². The molecule has 3 nitrogen and oxygen atoms in total.